The summed E-state index contributed by atoms with van der Waals surface area (Å²) in [6.07, 6.45) is -3.57. The summed E-state index contributed by atoms with van der Waals surface area (Å²) in [6.45, 7) is 1.83. The molecule has 1 atom stereocenters. The lowest BCUT2D eigenvalue weighted by atomic mass is 10.0. The topological polar surface area (TPSA) is 127 Å². The average molecular weight is 504 g/mol. The lowest BCUT2D eigenvalue weighted by molar-refractivity contribution is -0.137. The SMILES string of the molecule is CCOC(=O)c1cn2ncnc(N)c2c1-c1ccc(NC(O)Nc2cc(C(F)(F)F)ccc2F)cc1. The summed E-state index contributed by atoms with van der Waals surface area (Å²) in [5, 5.41) is 19.2. The number of aliphatic hydroxyl groups excluding tert-OH is 1. The Kier molecular flexibility index (Phi) is 6.66. The third-order valence-electron chi connectivity index (χ3n) is 5.16. The van der Waals surface area contributed by atoms with Crippen molar-refractivity contribution in [1.82, 2.24) is 14.6 Å². The molecule has 0 aliphatic rings. The second-order valence-corrected chi connectivity index (χ2v) is 7.54. The van der Waals surface area contributed by atoms with E-state index in [1.807, 2.05) is 0 Å². The number of anilines is 3. The second kappa shape index (κ2) is 9.70. The van der Waals surface area contributed by atoms with E-state index in [0.717, 1.165) is 0 Å². The number of rotatable bonds is 7. The summed E-state index contributed by atoms with van der Waals surface area (Å²) in [7, 11) is 0. The molecule has 0 spiro atoms. The third kappa shape index (κ3) is 5.00. The Hall–Kier alpha value is -4.39. The predicted octanol–water partition coefficient (Wildman–Crippen LogP) is 4.11. The molecule has 9 nitrogen and oxygen atoms in total. The minimum atomic E-state index is -4.67. The van der Waals surface area contributed by atoms with Crippen molar-refractivity contribution in [2.75, 3.05) is 23.0 Å². The largest absolute Gasteiger partial charge is 0.462 e. The Bertz CT molecular complexity index is 1410. The molecular weight excluding hydrogens is 484 g/mol. The summed E-state index contributed by atoms with van der Waals surface area (Å²) >= 11 is 0. The standard InChI is InChI=1S/C23H20F4N6O3/c1-2-36-21(34)15-10-33-19(20(28)29-11-30-33)18(15)12-3-6-14(7-4-12)31-22(35)32-17-9-13(23(25,26)27)5-8-16(17)24/h3-11,22,31-32,35H,2H2,1H3,(H2,28,29,30). The molecule has 0 radical (unpaired) electrons. The molecule has 2 heterocycles. The number of ether oxygens (including phenoxy) is 1. The first-order chi connectivity index (χ1) is 17.1. The summed E-state index contributed by atoms with van der Waals surface area (Å²) < 4.78 is 59.2. The number of nitrogens with two attached hydrogens (primary N) is 1. The van der Waals surface area contributed by atoms with Crippen molar-refractivity contribution in [2.45, 2.75) is 19.5 Å². The fourth-order valence-corrected chi connectivity index (χ4v) is 3.58. The van der Waals surface area contributed by atoms with E-state index < -0.39 is 35.6 Å². The molecule has 1 unspecified atom stereocenters. The van der Waals surface area contributed by atoms with E-state index >= 15 is 0 Å². The van der Waals surface area contributed by atoms with Crippen molar-refractivity contribution in [3.05, 3.63) is 71.9 Å². The molecule has 0 saturated heterocycles. The number of hydrogen-bond donors (Lipinski definition) is 4. The highest BCUT2D eigenvalue weighted by molar-refractivity contribution is 6.04. The lowest BCUT2D eigenvalue weighted by Crippen LogP contribution is -2.28. The molecule has 0 saturated carbocycles. The molecule has 0 aliphatic heterocycles. The zero-order valence-corrected chi connectivity index (χ0v) is 18.7. The van der Waals surface area contributed by atoms with Gasteiger partial charge in [0.15, 0.2) is 5.82 Å². The highest BCUT2D eigenvalue weighted by Gasteiger charge is 2.31. The van der Waals surface area contributed by atoms with Gasteiger partial charge in [0, 0.05) is 17.4 Å². The summed E-state index contributed by atoms with van der Waals surface area (Å²) in [6, 6.07) is 8.14. The van der Waals surface area contributed by atoms with Gasteiger partial charge in [0.25, 0.3) is 0 Å². The molecule has 0 fully saturated rings. The molecule has 0 amide bonds. The van der Waals surface area contributed by atoms with E-state index in [-0.39, 0.29) is 18.0 Å². The maximum Gasteiger partial charge on any atom is 0.416 e. The first-order valence-corrected chi connectivity index (χ1v) is 10.6. The van der Waals surface area contributed by atoms with Crippen molar-refractivity contribution in [3.63, 3.8) is 0 Å². The fourth-order valence-electron chi connectivity index (χ4n) is 3.58. The fraction of sp³-hybridized carbons (Fsp3) is 0.174. The number of nitrogens with one attached hydrogen (secondary N) is 2. The van der Waals surface area contributed by atoms with Crippen LogP contribution in [0.25, 0.3) is 16.6 Å². The Morgan fingerprint density at radius 2 is 1.92 bits per heavy atom. The van der Waals surface area contributed by atoms with Gasteiger partial charge in [-0.3, -0.25) is 0 Å². The molecule has 2 aromatic heterocycles. The van der Waals surface area contributed by atoms with E-state index in [4.69, 9.17) is 10.5 Å². The van der Waals surface area contributed by atoms with Crippen molar-refractivity contribution >= 4 is 28.7 Å². The van der Waals surface area contributed by atoms with E-state index in [9.17, 15) is 27.5 Å². The first kappa shape index (κ1) is 24.7. The number of nitrogens with zero attached hydrogens (tertiary/aromatic N) is 3. The van der Waals surface area contributed by atoms with E-state index in [1.165, 1.54) is 17.0 Å². The van der Waals surface area contributed by atoms with Crippen LogP contribution in [0.15, 0.2) is 55.0 Å². The van der Waals surface area contributed by atoms with Crippen LogP contribution in [-0.2, 0) is 10.9 Å². The third-order valence-corrected chi connectivity index (χ3v) is 5.16. The van der Waals surface area contributed by atoms with Crippen LogP contribution in [-0.4, -0.2) is 38.6 Å². The molecule has 4 aromatic rings. The van der Waals surface area contributed by atoms with Crippen molar-refractivity contribution in [2.24, 2.45) is 0 Å². The number of carbonyl (C=O) groups excluding carboxylic acids is 1. The molecule has 2 aromatic carbocycles. The number of nitrogen functional groups attached to an aromatic ring is 1. The van der Waals surface area contributed by atoms with Gasteiger partial charge in [-0.15, -0.1) is 0 Å². The number of fused-ring (bicyclic) bond motifs is 1. The molecule has 36 heavy (non-hydrogen) atoms. The van der Waals surface area contributed by atoms with Crippen LogP contribution in [0.5, 0.6) is 0 Å². The maximum absolute atomic E-state index is 14.0. The molecule has 0 bridgehead atoms. The molecule has 188 valence electrons. The molecule has 13 heteroatoms. The highest BCUT2D eigenvalue weighted by atomic mass is 19.4. The number of benzene rings is 2. The summed E-state index contributed by atoms with van der Waals surface area (Å²) in [5.41, 5.74) is 6.36. The first-order valence-electron chi connectivity index (χ1n) is 10.6. The van der Waals surface area contributed by atoms with Crippen molar-refractivity contribution in [1.29, 1.82) is 0 Å². The minimum Gasteiger partial charge on any atom is -0.462 e. The normalized spacial score (nSPS) is 12.4. The number of esters is 1. The van der Waals surface area contributed by atoms with Gasteiger partial charge in [-0.05, 0) is 42.8 Å². The van der Waals surface area contributed by atoms with Crippen LogP contribution in [0, 0.1) is 5.82 Å². The van der Waals surface area contributed by atoms with Gasteiger partial charge in [-0.2, -0.15) is 18.3 Å². The zero-order valence-electron chi connectivity index (χ0n) is 18.7. The van der Waals surface area contributed by atoms with E-state index in [2.05, 4.69) is 20.7 Å². The number of carbonyl (C=O) groups is 1. The van der Waals surface area contributed by atoms with E-state index in [0.29, 0.717) is 40.5 Å². The van der Waals surface area contributed by atoms with Crippen LogP contribution < -0.4 is 16.4 Å². The average Bonchev–Trinajstić information content (AvgIpc) is 3.21. The molecule has 5 N–H and O–H groups in total. The zero-order chi connectivity index (χ0) is 26.0. The molecule has 0 aliphatic carbocycles. The van der Waals surface area contributed by atoms with Crippen LogP contribution in [0.3, 0.4) is 0 Å². The van der Waals surface area contributed by atoms with Gasteiger partial charge in [0.2, 0.25) is 6.35 Å². The van der Waals surface area contributed by atoms with Crippen LogP contribution in [0.4, 0.5) is 34.8 Å². The quantitative estimate of drug-likeness (QED) is 0.168. The van der Waals surface area contributed by atoms with Gasteiger partial charge in [-0.1, -0.05) is 12.1 Å². The van der Waals surface area contributed by atoms with Crippen LogP contribution in [0.1, 0.15) is 22.8 Å². The van der Waals surface area contributed by atoms with Gasteiger partial charge < -0.3 is 26.2 Å². The Morgan fingerprint density at radius 3 is 2.58 bits per heavy atom. The Morgan fingerprint density at radius 1 is 1.19 bits per heavy atom. The molecule has 4 rings (SSSR count). The van der Waals surface area contributed by atoms with Crippen LogP contribution >= 0.6 is 0 Å². The highest BCUT2D eigenvalue weighted by Crippen LogP contribution is 2.34. The summed E-state index contributed by atoms with van der Waals surface area (Å²) in [5.74, 6) is -1.41. The lowest BCUT2D eigenvalue weighted by Gasteiger charge is -2.18. The van der Waals surface area contributed by atoms with Gasteiger partial charge in [0.1, 0.15) is 17.7 Å². The number of aliphatic hydroxyl groups is 1. The maximum atomic E-state index is 14.0. The van der Waals surface area contributed by atoms with Crippen molar-refractivity contribution < 1.29 is 32.2 Å². The number of aromatic nitrogens is 3. The predicted molar refractivity (Wildman–Crippen MR) is 123 cm³/mol. The number of halogens is 4. The Balaban J connectivity index is 1.58. The monoisotopic (exact) mass is 504 g/mol. The number of hydrogen-bond acceptors (Lipinski definition) is 8. The summed E-state index contributed by atoms with van der Waals surface area (Å²) in [4.78, 5) is 16.5. The van der Waals surface area contributed by atoms with E-state index in [1.54, 1.807) is 31.2 Å². The smallest absolute Gasteiger partial charge is 0.416 e. The van der Waals surface area contributed by atoms with Gasteiger partial charge in [-0.25, -0.2) is 18.7 Å². The van der Waals surface area contributed by atoms with Crippen molar-refractivity contribution in [3.8, 4) is 11.1 Å². The Labute approximate surface area is 201 Å². The van der Waals surface area contributed by atoms with Crippen LogP contribution in [0.2, 0.25) is 0 Å². The number of alkyl halides is 3. The van der Waals surface area contributed by atoms with Gasteiger partial charge >= 0.3 is 12.1 Å². The second-order valence-electron chi connectivity index (χ2n) is 7.54. The molecular formula is C23H20F4N6O3. The minimum absolute atomic E-state index is 0.139. The van der Waals surface area contributed by atoms with Gasteiger partial charge in [0.05, 0.1) is 23.4 Å².